The molecule has 0 unspecified atom stereocenters. The van der Waals surface area contributed by atoms with E-state index in [4.69, 9.17) is 4.74 Å². The lowest BCUT2D eigenvalue weighted by atomic mass is 10.1. The normalized spacial score (nSPS) is 23.5. The zero-order valence-electron chi connectivity index (χ0n) is 11.0. The molecule has 5 heteroatoms. The summed E-state index contributed by atoms with van der Waals surface area (Å²) in [4.78, 5) is 10.8. The van der Waals surface area contributed by atoms with Crippen molar-refractivity contribution in [1.82, 2.24) is 9.88 Å². The van der Waals surface area contributed by atoms with E-state index in [9.17, 15) is 0 Å². The first kappa shape index (κ1) is 12.4. The molecule has 0 aliphatic carbocycles. The van der Waals surface area contributed by atoms with Gasteiger partial charge in [0.1, 0.15) is 0 Å². The van der Waals surface area contributed by atoms with E-state index < -0.39 is 0 Å². The summed E-state index contributed by atoms with van der Waals surface area (Å²) in [6, 6.07) is 0.749. The van der Waals surface area contributed by atoms with Gasteiger partial charge in [-0.25, -0.2) is 4.98 Å². The van der Waals surface area contributed by atoms with E-state index in [1.54, 1.807) is 0 Å². The van der Waals surface area contributed by atoms with Gasteiger partial charge in [-0.05, 0) is 19.8 Å². The zero-order chi connectivity index (χ0) is 12.4. The molecule has 4 nitrogen and oxygen atoms in total. The van der Waals surface area contributed by atoms with Crippen LogP contribution in [0.2, 0.25) is 0 Å². The van der Waals surface area contributed by atoms with Gasteiger partial charge in [0.05, 0.1) is 0 Å². The highest BCUT2D eigenvalue weighted by molar-refractivity contribution is 7.15. The standard InChI is InChI=1S/C13H21N3OS/c1-11-10-14-13(18-11)16-6-4-15(5-7-16)12-2-8-17-9-3-12/h10,12H,2-9H2,1H3. The molecule has 18 heavy (non-hydrogen) atoms. The second kappa shape index (κ2) is 5.55. The molecular formula is C13H21N3OS. The number of aryl methyl sites for hydroxylation is 1. The Hall–Kier alpha value is -0.650. The first-order valence-corrected chi connectivity index (χ1v) is 7.64. The number of nitrogens with zero attached hydrogens (tertiary/aromatic N) is 3. The van der Waals surface area contributed by atoms with Crippen LogP contribution in [0.4, 0.5) is 5.13 Å². The summed E-state index contributed by atoms with van der Waals surface area (Å²) in [6.07, 6.45) is 4.39. The molecule has 0 N–H and O–H groups in total. The first-order chi connectivity index (χ1) is 8.83. The van der Waals surface area contributed by atoms with Gasteiger partial charge in [0.25, 0.3) is 0 Å². The Kier molecular flexibility index (Phi) is 3.82. The van der Waals surface area contributed by atoms with E-state index in [0.29, 0.717) is 0 Å². The van der Waals surface area contributed by atoms with E-state index in [0.717, 1.165) is 32.3 Å². The van der Waals surface area contributed by atoms with Crippen molar-refractivity contribution in [1.29, 1.82) is 0 Å². The fourth-order valence-corrected chi connectivity index (χ4v) is 3.63. The second-order valence-corrected chi connectivity index (χ2v) is 6.33. The molecule has 0 bridgehead atoms. The summed E-state index contributed by atoms with van der Waals surface area (Å²) in [7, 11) is 0. The first-order valence-electron chi connectivity index (χ1n) is 6.82. The maximum Gasteiger partial charge on any atom is 0.185 e. The van der Waals surface area contributed by atoms with Crippen LogP contribution in [0.25, 0.3) is 0 Å². The maximum atomic E-state index is 5.44. The Morgan fingerprint density at radius 1 is 1.22 bits per heavy atom. The third-order valence-electron chi connectivity index (χ3n) is 3.90. The monoisotopic (exact) mass is 267 g/mol. The Morgan fingerprint density at radius 3 is 2.56 bits per heavy atom. The summed E-state index contributed by atoms with van der Waals surface area (Å²) in [5.41, 5.74) is 0. The molecule has 2 saturated heterocycles. The lowest BCUT2D eigenvalue weighted by Crippen LogP contribution is -2.51. The number of aromatic nitrogens is 1. The van der Waals surface area contributed by atoms with Crippen LogP contribution in [0.3, 0.4) is 0 Å². The van der Waals surface area contributed by atoms with Crippen LogP contribution >= 0.6 is 11.3 Å². The minimum Gasteiger partial charge on any atom is -0.381 e. The summed E-state index contributed by atoms with van der Waals surface area (Å²) in [5.74, 6) is 0. The van der Waals surface area contributed by atoms with Gasteiger partial charge in [0, 0.05) is 56.5 Å². The van der Waals surface area contributed by atoms with Crippen molar-refractivity contribution in [3.05, 3.63) is 11.1 Å². The van der Waals surface area contributed by atoms with Crippen molar-refractivity contribution in [3.63, 3.8) is 0 Å². The van der Waals surface area contributed by atoms with Crippen molar-refractivity contribution < 1.29 is 4.74 Å². The fraction of sp³-hybridized carbons (Fsp3) is 0.769. The minimum absolute atomic E-state index is 0.749. The quantitative estimate of drug-likeness (QED) is 0.816. The SMILES string of the molecule is Cc1cnc(N2CCN(C3CCOCC3)CC2)s1. The van der Waals surface area contributed by atoms with Crippen molar-refractivity contribution in [3.8, 4) is 0 Å². The van der Waals surface area contributed by atoms with Crippen LogP contribution in [0.15, 0.2) is 6.20 Å². The van der Waals surface area contributed by atoms with Gasteiger partial charge in [-0.15, -0.1) is 11.3 Å². The average molecular weight is 267 g/mol. The highest BCUT2D eigenvalue weighted by Crippen LogP contribution is 2.24. The predicted molar refractivity (Wildman–Crippen MR) is 74.5 cm³/mol. The molecule has 3 rings (SSSR count). The smallest absolute Gasteiger partial charge is 0.185 e. The van der Waals surface area contributed by atoms with E-state index in [1.807, 2.05) is 17.5 Å². The molecule has 2 aliphatic heterocycles. The predicted octanol–water partition coefficient (Wildman–Crippen LogP) is 1.75. The van der Waals surface area contributed by atoms with Crippen LogP contribution in [-0.2, 0) is 4.74 Å². The third kappa shape index (κ3) is 2.68. The van der Waals surface area contributed by atoms with E-state index >= 15 is 0 Å². The lowest BCUT2D eigenvalue weighted by Gasteiger charge is -2.40. The lowest BCUT2D eigenvalue weighted by molar-refractivity contribution is 0.0321. The zero-order valence-corrected chi connectivity index (χ0v) is 11.8. The molecule has 100 valence electrons. The number of hydrogen-bond donors (Lipinski definition) is 0. The van der Waals surface area contributed by atoms with Gasteiger partial charge in [-0.2, -0.15) is 0 Å². The summed E-state index contributed by atoms with van der Waals surface area (Å²) in [6.45, 7) is 8.58. The van der Waals surface area contributed by atoms with Crippen molar-refractivity contribution in [2.75, 3.05) is 44.3 Å². The molecule has 0 aromatic carbocycles. The number of ether oxygens (including phenoxy) is 1. The molecule has 1 aromatic rings. The fourth-order valence-electron chi connectivity index (χ4n) is 2.82. The van der Waals surface area contributed by atoms with E-state index in [1.165, 1.54) is 35.9 Å². The highest BCUT2D eigenvalue weighted by atomic mass is 32.1. The molecule has 0 amide bonds. The van der Waals surface area contributed by atoms with E-state index in [2.05, 4.69) is 21.7 Å². The van der Waals surface area contributed by atoms with Crippen LogP contribution in [-0.4, -0.2) is 55.3 Å². The molecule has 0 radical (unpaired) electrons. The topological polar surface area (TPSA) is 28.6 Å². The number of anilines is 1. The summed E-state index contributed by atoms with van der Waals surface area (Å²) < 4.78 is 5.44. The van der Waals surface area contributed by atoms with Gasteiger partial charge in [-0.3, -0.25) is 4.90 Å². The molecule has 2 aliphatic rings. The number of piperazine rings is 1. The molecule has 0 atom stereocenters. The molecule has 0 saturated carbocycles. The van der Waals surface area contributed by atoms with Crippen LogP contribution in [0, 0.1) is 6.92 Å². The van der Waals surface area contributed by atoms with Gasteiger partial charge in [0.2, 0.25) is 0 Å². The molecule has 3 heterocycles. The summed E-state index contributed by atoms with van der Waals surface area (Å²) in [5, 5.41) is 1.19. The Labute approximate surface area is 113 Å². The maximum absolute atomic E-state index is 5.44. The van der Waals surface area contributed by atoms with Gasteiger partial charge in [0.15, 0.2) is 5.13 Å². The molecule has 0 spiro atoms. The third-order valence-corrected chi connectivity index (χ3v) is 4.87. The Bertz CT molecular complexity index is 381. The van der Waals surface area contributed by atoms with Crippen molar-refractivity contribution in [2.45, 2.75) is 25.8 Å². The number of rotatable bonds is 2. The van der Waals surface area contributed by atoms with Gasteiger partial charge >= 0.3 is 0 Å². The average Bonchev–Trinajstić information content (AvgIpc) is 2.87. The Morgan fingerprint density at radius 2 is 1.94 bits per heavy atom. The van der Waals surface area contributed by atoms with Crippen LogP contribution in [0.1, 0.15) is 17.7 Å². The highest BCUT2D eigenvalue weighted by Gasteiger charge is 2.26. The van der Waals surface area contributed by atoms with E-state index in [-0.39, 0.29) is 0 Å². The minimum atomic E-state index is 0.749. The van der Waals surface area contributed by atoms with Crippen LogP contribution < -0.4 is 4.90 Å². The molecular weight excluding hydrogens is 246 g/mol. The molecule has 2 fully saturated rings. The molecule has 1 aromatic heterocycles. The van der Waals surface area contributed by atoms with Crippen molar-refractivity contribution >= 4 is 16.5 Å². The van der Waals surface area contributed by atoms with Crippen LogP contribution in [0.5, 0.6) is 0 Å². The second-order valence-electron chi connectivity index (χ2n) is 5.12. The van der Waals surface area contributed by atoms with Gasteiger partial charge in [-0.1, -0.05) is 0 Å². The number of hydrogen-bond acceptors (Lipinski definition) is 5. The largest absolute Gasteiger partial charge is 0.381 e. The Balaban J connectivity index is 1.54. The van der Waals surface area contributed by atoms with Crippen molar-refractivity contribution in [2.24, 2.45) is 0 Å². The van der Waals surface area contributed by atoms with Gasteiger partial charge < -0.3 is 9.64 Å². The summed E-state index contributed by atoms with van der Waals surface area (Å²) >= 11 is 1.81. The number of thiazole rings is 1.